The number of hydrogen-bond donors (Lipinski definition) is 1. The van der Waals surface area contributed by atoms with E-state index in [9.17, 15) is 4.79 Å². The van der Waals surface area contributed by atoms with E-state index in [-0.39, 0.29) is 25.1 Å². The van der Waals surface area contributed by atoms with E-state index in [1.807, 2.05) is 13.8 Å². The van der Waals surface area contributed by atoms with Gasteiger partial charge in [0.2, 0.25) is 5.91 Å². The Hall–Kier alpha value is -1.43. The maximum atomic E-state index is 12.1. The molecule has 0 fully saturated rings. The van der Waals surface area contributed by atoms with Crippen molar-refractivity contribution in [1.82, 2.24) is 19.9 Å². The SMILES string of the molecule is CCC(CC)N(CCO)C(=O)Cn1ccnn1. The lowest BCUT2D eigenvalue weighted by Crippen LogP contribution is -2.43. The number of carbonyl (C=O) groups excluding carboxylic acids is 1. The summed E-state index contributed by atoms with van der Waals surface area (Å²) >= 11 is 0. The fourth-order valence-electron chi connectivity index (χ4n) is 1.89. The average molecular weight is 240 g/mol. The molecule has 0 aliphatic rings. The monoisotopic (exact) mass is 240 g/mol. The minimum Gasteiger partial charge on any atom is -0.395 e. The molecule has 0 atom stereocenters. The summed E-state index contributed by atoms with van der Waals surface area (Å²) in [7, 11) is 0. The van der Waals surface area contributed by atoms with Crippen molar-refractivity contribution in [3.05, 3.63) is 12.4 Å². The van der Waals surface area contributed by atoms with Crippen LogP contribution < -0.4 is 0 Å². The molecule has 1 heterocycles. The quantitative estimate of drug-likeness (QED) is 0.743. The fraction of sp³-hybridized carbons (Fsp3) is 0.727. The second kappa shape index (κ2) is 7.01. The minimum atomic E-state index is -0.0294. The Bertz CT molecular complexity index is 322. The molecule has 0 radical (unpaired) electrons. The number of rotatable bonds is 7. The Kier molecular flexibility index (Phi) is 5.62. The Morgan fingerprint density at radius 2 is 2.18 bits per heavy atom. The van der Waals surface area contributed by atoms with Crippen LogP contribution in [0.5, 0.6) is 0 Å². The number of aliphatic hydroxyl groups excluding tert-OH is 1. The maximum Gasteiger partial charge on any atom is 0.244 e. The Morgan fingerprint density at radius 1 is 1.47 bits per heavy atom. The summed E-state index contributed by atoms with van der Waals surface area (Å²) in [6, 6.07) is 0.179. The molecule has 1 aromatic rings. The summed E-state index contributed by atoms with van der Waals surface area (Å²) in [5.41, 5.74) is 0. The molecule has 0 aromatic carbocycles. The summed E-state index contributed by atoms with van der Waals surface area (Å²) in [5.74, 6) is -0.0294. The van der Waals surface area contributed by atoms with Crippen LogP contribution in [0.25, 0.3) is 0 Å². The van der Waals surface area contributed by atoms with Gasteiger partial charge in [-0.1, -0.05) is 19.1 Å². The molecule has 0 spiro atoms. The molecule has 6 heteroatoms. The molecule has 0 saturated carbocycles. The molecule has 0 aliphatic carbocycles. The number of aromatic nitrogens is 3. The van der Waals surface area contributed by atoms with Crippen LogP contribution >= 0.6 is 0 Å². The van der Waals surface area contributed by atoms with Gasteiger partial charge in [0.15, 0.2) is 0 Å². The lowest BCUT2D eigenvalue weighted by Gasteiger charge is -2.29. The van der Waals surface area contributed by atoms with Crippen LogP contribution in [-0.4, -0.2) is 50.1 Å². The molecule has 1 N–H and O–H groups in total. The molecule has 0 aliphatic heterocycles. The van der Waals surface area contributed by atoms with Crippen LogP contribution in [0, 0.1) is 0 Å². The molecule has 0 saturated heterocycles. The first-order chi connectivity index (χ1) is 8.22. The van der Waals surface area contributed by atoms with Gasteiger partial charge in [-0.15, -0.1) is 5.10 Å². The largest absolute Gasteiger partial charge is 0.395 e. The van der Waals surface area contributed by atoms with Crippen molar-refractivity contribution >= 4 is 5.91 Å². The number of hydrogen-bond acceptors (Lipinski definition) is 4. The van der Waals surface area contributed by atoms with Gasteiger partial charge in [0.1, 0.15) is 6.54 Å². The molecule has 0 bridgehead atoms. The Morgan fingerprint density at radius 3 is 2.65 bits per heavy atom. The van der Waals surface area contributed by atoms with Crippen molar-refractivity contribution in [1.29, 1.82) is 0 Å². The smallest absolute Gasteiger partial charge is 0.244 e. The first-order valence-corrected chi connectivity index (χ1v) is 5.97. The summed E-state index contributed by atoms with van der Waals surface area (Å²) in [6.07, 6.45) is 4.97. The van der Waals surface area contributed by atoms with Crippen molar-refractivity contribution in [2.45, 2.75) is 39.3 Å². The van der Waals surface area contributed by atoms with Gasteiger partial charge in [-0.05, 0) is 12.8 Å². The molecule has 0 unspecified atom stereocenters. The number of nitrogens with zero attached hydrogens (tertiary/aromatic N) is 4. The lowest BCUT2D eigenvalue weighted by molar-refractivity contribution is -0.135. The van der Waals surface area contributed by atoms with Gasteiger partial charge in [0, 0.05) is 18.8 Å². The van der Waals surface area contributed by atoms with Gasteiger partial charge in [-0.3, -0.25) is 4.79 Å². The van der Waals surface area contributed by atoms with E-state index >= 15 is 0 Å². The highest BCUT2D eigenvalue weighted by molar-refractivity contribution is 5.76. The first-order valence-electron chi connectivity index (χ1n) is 5.97. The second-order valence-electron chi connectivity index (χ2n) is 3.88. The molecular formula is C11H20N4O2. The maximum absolute atomic E-state index is 12.1. The zero-order valence-corrected chi connectivity index (χ0v) is 10.4. The average Bonchev–Trinajstić information content (AvgIpc) is 2.82. The second-order valence-corrected chi connectivity index (χ2v) is 3.88. The predicted octanol–water partition coefficient (Wildman–Crippen LogP) is 0.288. The molecule has 6 nitrogen and oxygen atoms in total. The molecular weight excluding hydrogens is 220 g/mol. The summed E-state index contributed by atoms with van der Waals surface area (Å²) in [6.45, 7) is 4.62. The van der Waals surface area contributed by atoms with Crippen molar-refractivity contribution < 1.29 is 9.90 Å². The molecule has 1 amide bonds. The van der Waals surface area contributed by atoms with E-state index < -0.39 is 0 Å². The summed E-state index contributed by atoms with van der Waals surface area (Å²) in [4.78, 5) is 13.8. The molecule has 96 valence electrons. The third-order valence-electron chi connectivity index (χ3n) is 2.81. The van der Waals surface area contributed by atoms with Crippen LogP contribution in [0.1, 0.15) is 26.7 Å². The van der Waals surface area contributed by atoms with Crippen LogP contribution in [0.2, 0.25) is 0 Å². The zero-order valence-electron chi connectivity index (χ0n) is 10.4. The standard InChI is InChI=1S/C11H20N4O2/c1-3-10(4-2)15(7-8-16)11(17)9-14-6-5-12-13-14/h5-6,10,16H,3-4,7-9H2,1-2H3. The van der Waals surface area contributed by atoms with E-state index in [1.165, 1.54) is 4.68 Å². The van der Waals surface area contributed by atoms with Crippen molar-refractivity contribution in [2.75, 3.05) is 13.2 Å². The van der Waals surface area contributed by atoms with E-state index in [4.69, 9.17) is 5.11 Å². The van der Waals surface area contributed by atoms with Crippen LogP contribution in [0.3, 0.4) is 0 Å². The van der Waals surface area contributed by atoms with Gasteiger partial charge in [0.25, 0.3) is 0 Å². The summed E-state index contributed by atoms with van der Waals surface area (Å²) < 4.78 is 1.50. The van der Waals surface area contributed by atoms with Crippen LogP contribution in [0.15, 0.2) is 12.4 Å². The van der Waals surface area contributed by atoms with Gasteiger partial charge >= 0.3 is 0 Å². The van der Waals surface area contributed by atoms with E-state index in [2.05, 4.69) is 10.3 Å². The Labute approximate surface area is 101 Å². The number of carbonyl (C=O) groups is 1. The topological polar surface area (TPSA) is 71.2 Å². The van der Waals surface area contributed by atoms with Gasteiger partial charge in [0.05, 0.1) is 12.8 Å². The van der Waals surface area contributed by atoms with E-state index in [0.29, 0.717) is 6.54 Å². The van der Waals surface area contributed by atoms with Crippen molar-refractivity contribution in [3.8, 4) is 0 Å². The molecule has 1 rings (SSSR count). The van der Waals surface area contributed by atoms with E-state index in [0.717, 1.165) is 12.8 Å². The highest BCUT2D eigenvalue weighted by atomic mass is 16.3. The Balaban J connectivity index is 2.65. The van der Waals surface area contributed by atoms with Crippen LogP contribution in [0.4, 0.5) is 0 Å². The first kappa shape index (κ1) is 13.6. The highest BCUT2D eigenvalue weighted by Gasteiger charge is 2.20. The van der Waals surface area contributed by atoms with Gasteiger partial charge in [-0.25, -0.2) is 4.68 Å². The fourth-order valence-corrected chi connectivity index (χ4v) is 1.89. The van der Waals surface area contributed by atoms with Gasteiger partial charge in [-0.2, -0.15) is 0 Å². The van der Waals surface area contributed by atoms with Crippen molar-refractivity contribution in [3.63, 3.8) is 0 Å². The van der Waals surface area contributed by atoms with Gasteiger partial charge < -0.3 is 10.0 Å². The number of amides is 1. The lowest BCUT2D eigenvalue weighted by atomic mass is 10.1. The van der Waals surface area contributed by atoms with Crippen molar-refractivity contribution in [2.24, 2.45) is 0 Å². The summed E-state index contributed by atoms with van der Waals surface area (Å²) in [5, 5.41) is 16.4. The predicted molar refractivity (Wildman–Crippen MR) is 63.2 cm³/mol. The molecule has 17 heavy (non-hydrogen) atoms. The normalized spacial score (nSPS) is 10.8. The van der Waals surface area contributed by atoms with E-state index in [1.54, 1.807) is 17.3 Å². The third kappa shape index (κ3) is 3.81. The number of aliphatic hydroxyl groups is 1. The highest BCUT2D eigenvalue weighted by Crippen LogP contribution is 2.09. The van der Waals surface area contributed by atoms with Crippen LogP contribution in [-0.2, 0) is 11.3 Å². The third-order valence-corrected chi connectivity index (χ3v) is 2.81. The molecule has 1 aromatic heterocycles. The minimum absolute atomic E-state index is 0.0143. The zero-order chi connectivity index (χ0) is 12.7.